The second-order valence-electron chi connectivity index (χ2n) is 7.69. The number of nitrogens with zero attached hydrogens (tertiary/aromatic N) is 2. The topological polar surface area (TPSA) is 71.1 Å². The maximum Gasteiger partial charge on any atom is 0.211 e. The molecule has 0 atom stereocenters. The van der Waals surface area contributed by atoms with E-state index in [1.54, 1.807) is 14.2 Å². The van der Waals surface area contributed by atoms with Gasteiger partial charge >= 0.3 is 0 Å². The summed E-state index contributed by atoms with van der Waals surface area (Å²) in [4.78, 5) is 4.77. The van der Waals surface area contributed by atoms with Crippen molar-refractivity contribution in [3.05, 3.63) is 54.1 Å². The Bertz CT molecular complexity index is 893. The third-order valence-corrected chi connectivity index (χ3v) is 6.99. The molecule has 1 aliphatic rings. The number of hydrogen-bond acceptors (Lipinski definition) is 6. The number of ether oxygens (including phenoxy) is 2. The summed E-state index contributed by atoms with van der Waals surface area (Å²) in [6.45, 7) is 5.29. The zero-order valence-corrected chi connectivity index (χ0v) is 19.2. The predicted octanol–water partition coefficient (Wildman–Crippen LogP) is 2.38. The number of benzene rings is 2. The van der Waals surface area contributed by atoms with Crippen molar-refractivity contribution >= 4 is 15.7 Å². The van der Waals surface area contributed by atoms with Gasteiger partial charge in [-0.15, -0.1) is 0 Å². The fourth-order valence-corrected chi connectivity index (χ4v) is 4.77. The maximum atomic E-state index is 12.3. The van der Waals surface area contributed by atoms with E-state index < -0.39 is 10.0 Å². The van der Waals surface area contributed by atoms with Crippen LogP contribution in [0.4, 0.5) is 5.69 Å². The van der Waals surface area contributed by atoms with E-state index in [2.05, 4.69) is 26.7 Å². The van der Waals surface area contributed by atoms with Crippen LogP contribution in [-0.4, -0.2) is 72.6 Å². The normalized spacial score (nSPS) is 15.1. The van der Waals surface area contributed by atoms with Crippen molar-refractivity contribution in [3.8, 4) is 11.5 Å². The van der Waals surface area contributed by atoms with Gasteiger partial charge in [-0.1, -0.05) is 12.1 Å². The van der Waals surface area contributed by atoms with Crippen LogP contribution in [0.15, 0.2) is 48.5 Å². The highest BCUT2D eigenvalue weighted by Crippen LogP contribution is 2.20. The maximum absolute atomic E-state index is 12.3. The third-order valence-electron chi connectivity index (χ3n) is 5.60. The largest absolute Gasteiger partial charge is 0.497 e. The van der Waals surface area contributed by atoms with Crippen molar-refractivity contribution in [2.75, 3.05) is 64.1 Å². The number of hydrogen-bond donors (Lipinski definition) is 1. The number of sulfonamides is 1. The summed E-state index contributed by atoms with van der Waals surface area (Å²) in [6, 6.07) is 15.7. The Morgan fingerprint density at radius 2 is 1.45 bits per heavy atom. The van der Waals surface area contributed by atoms with Crippen molar-refractivity contribution in [1.82, 2.24) is 9.62 Å². The average molecular weight is 448 g/mol. The molecule has 1 aliphatic heterocycles. The highest BCUT2D eigenvalue weighted by molar-refractivity contribution is 7.89. The van der Waals surface area contributed by atoms with Gasteiger partial charge < -0.3 is 14.4 Å². The van der Waals surface area contributed by atoms with E-state index in [4.69, 9.17) is 9.47 Å². The van der Waals surface area contributed by atoms with Gasteiger partial charge in [-0.3, -0.25) is 4.90 Å². The molecule has 2 aromatic carbocycles. The molecule has 1 fully saturated rings. The Morgan fingerprint density at radius 1 is 0.871 bits per heavy atom. The first-order valence-electron chi connectivity index (χ1n) is 10.7. The molecule has 7 nitrogen and oxygen atoms in total. The molecular weight excluding hydrogens is 414 g/mol. The average Bonchev–Trinajstić information content (AvgIpc) is 2.81. The van der Waals surface area contributed by atoms with Gasteiger partial charge in [0.05, 0.1) is 20.0 Å². The molecule has 0 bridgehead atoms. The molecule has 0 unspecified atom stereocenters. The molecule has 3 rings (SSSR count). The zero-order valence-electron chi connectivity index (χ0n) is 18.4. The molecule has 1 heterocycles. The Morgan fingerprint density at radius 3 is 2.03 bits per heavy atom. The van der Waals surface area contributed by atoms with Gasteiger partial charge in [-0.05, 0) is 61.3 Å². The van der Waals surface area contributed by atoms with Crippen molar-refractivity contribution in [3.63, 3.8) is 0 Å². The monoisotopic (exact) mass is 447 g/mol. The highest BCUT2D eigenvalue weighted by atomic mass is 32.2. The summed E-state index contributed by atoms with van der Waals surface area (Å²) < 4.78 is 37.6. The van der Waals surface area contributed by atoms with E-state index in [-0.39, 0.29) is 5.75 Å². The molecule has 170 valence electrons. The minimum absolute atomic E-state index is 0.0971. The van der Waals surface area contributed by atoms with Crippen molar-refractivity contribution < 1.29 is 17.9 Å². The summed E-state index contributed by atoms with van der Waals surface area (Å²) >= 11 is 0. The lowest BCUT2D eigenvalue weighted by atomic mass is 10.2. The van der Waals surface area contributed by atoms with E-state index in [1.165, 1.54) is 5.69 Å². The molecule has 0 amide bonds. The van der Waals surface area contributed by atoms with Crippen LogP contribution >= 0.6 is 0 Å². The predicted molar refractivity (Wildman–Crippen MR) is 125 cm³/mol. The highest BCUT2D eigenvalue weighted by Gasteiger charge is 2.17. The second kappa shape index (κ2) is 11.4. The Labute approximate surface area is 186 Å². The first kappa shape index (κ1) is 23.4. The van der Waals surface area contributed by atoms with E-state index in [0.29, 0.717) is 13.0 Å². The zero-order chi connectivity index (χ0) is 22.1. The van der Waals surface area contributed by atoms with Gasteiger partial charge in [-0.25, -0.2) is 13.1 Å². The van der Waals surface area contributed by atoms with Gasteiger partial charge in [0.2, 0.25) is 10.0 Å². The van der Waals surface area contributed by atoms with Crippen LogP contribution in [0.2, 0.25) is 0 Å². The minimum atomic E-state index is -3.27. The quantitative estimate of drug-likeness (QED) is 0.534. The Hall–Kier alpha value is -2.29. The van der Waals surface area contributed by atoms with Crippen molar-refractivity contribution in [2.24, 2.45) is 0 Å². The van der Waals surface area contributed by atoms with Crippen molar-refractivity contribution in [1.29, 1.82) is 0 Å². The van der Waals surface area contributed by atoms with Gasteiger partial charge in [-0.2, -0.15) is 0 Å². The number of aryl methyl sites for hydroxylation is 1. The Kier molecular flexibility index (Phi) is 8.57. The number of methoxy groups -OCH3 is 2. The van der Waals surface area contributed by atoms with E-state index in [9.17, 15) is 8.42 Å². The summed E-state index contributed by atoms with van der Waals surface area (Å²) in [5.74, 6) is 1.74. The molecule has 8 heteroatoms. The molecule has 0 radical (unpaired) electrons. The first-order valence-corrected chi connectivity index (χ1v) is 12.4. The number of rotatable bonds is 11. The molecule has 1 saturated heterocycles. The summed E-state index contributed by atoms with van der Waals surface area (Å²) in [7, 11) is 0.0234. The fraction of sp³-hybridized carbons (Fsp3) is 0.478. The first-order chi connectivity index (χ1) is 15.0. The van der Waals surface area contributed by atoms with Gasteiger partial charge in [0.15, 0.2) is 0 Å². The molecule has 31 heavy (non-hydrogen) atoms. The fourth-order valence-electron chi connectivity index (χ4n) is 3.67. The van der Waals surface area contributed by atoms with Crippen LogP contribution in [0, 0.1) is 0 Å². The van der Waals surface area contributed by atoms with Gasteiger partial charge in [0, 0.05) is 38.4 Å². The summed E-state index contributed by atoms with van der Waals surface area (Å²) in [6.07, 6.45) is 1.30. The SMILES string of the molecule is COc1ccc(CCS(=O)(=O)NCCCN2CCN(c3ccc(OC)cc3)CC2)cc1. The molecule has 2 aromatic rings. The molecular formula is C23H33N3O4S. The van der Waals surface area contributed by atoms with Gasteiger partial charge in [0.25, 0.3) is 0 Å². The van der Waals surface area contributed by atoms with E-state index in [0.717, 1.165) is 56.2 Å². The number of piperazine rings is 1. The smallest absolute Gasteiger partial charge is 0.211 e. The molecule has 0 spiro atoms. The molecule has 0 aliphatic carbocycles. The molecule has 0 saturated carbocycles. The van der Waals surface area contributed by atoms with Crippen LogP contribution in [0.1, 0.15) is 12.0 Å². The van der Waals surface area contributed by atoms with Crippen LogP contribution < -0.4 is 19.1 Å². The number of nitrogens with one attached hydrogen (secondary N) is 1. The lowest BCUT2D eigenvalue weighted by Gasteiger charge is -2.36. The van der Waals surface area contributed by atoms with E-state index in [1.807, 2.05) is 36.4 Å². The van der Waals surface area contributed by atoms with Crippen LogP contribution in [0.25, 0.3) is 0 Å². The van der Waals surface area contributed by atoms with E-state index >= 15 is 0 Å². The Balaban J connectivity index is 1.32. The second-order valence-corrected chi connectivity index (χ2v) is 9.62. The summed E-state index contributed by atoms with van der Waals surface area (Å²) in [5.41, 5.74) is 2.20. The number of anilines is 1. The lowest BCUT2D eigenvalue weighted by Crippen LogP contribution is -2.47. The molecule has 1 N–H and O–H groups in total. The third kappa shape index (κ3) is 7.41. The van der Waals surface area contributed by atoms with Gasteiger partial charge in [0.1, 0.15) is 11.5 Å². The van der Waals surface area contributed by atoms with Crippen LogP contribution in [-0.2, 0) is 16.4 Å². The molecule has 0 aromatic heterocycles. The van der Waals surface area contributed by atoms with Crippen molar-refractivity contribution in [2.45, 2.75) is 12.8 Å². The standard InChI is InChI=1S/C23H33N3O4S/c1-29-22-8-4-20(5-9-22)12-19-31(27,28)24-13-3-14-25-15-17-26(18-16-25)21-6-10-23(30-2)11-7-21/h4-11,24H,3,12-19H2,1-2H3. The lowest BCUT2D eigenvalue weighted by molar-refractivity contribution is 0.255. The minimum Gasteiger partial charge on any atom is -0.497 e. The van der Waals surface area contributed by atoms with Crippen LogP contribution in [0.3, 0.4) is 0 Å². The summed E-state index contributed by atoms with van der Waals surface area (Å²) in [5, 5.41) is 0. The van der Waals surface area contributed by atoms with Crippen LogP contribution in [0.5, 0.6) is 11.5 Å².